The highest BCUT2D eigenvalue weighted by atomic mass is 16.5. The van der Waals surface area contributed by atoms with E-state index in [2.05, 4.69) is 38.0 Å². The largest absolute Gasteiger partial charge is 0.496 e. The summed E-state index contributed by atoms with van der Waals surface area (Å²) in [5.74, 6) is 6.42. The van der Waals surface area contributed by atoms with Crippen LogP contribution in [0.4, 0.5) is 0 Å². The zero-order valence-electron chi connectivity index (χ0n) is 17.2. The van der Waals surface area contributed by atoms with Crippen molar-refractivity contribution in [1.29, 1.82) is 0 Å². The summed E-state index contributed by atoms with van der Waals surface area (Å²) in [5.41, 5.74) is 5.87. The van der Waals surface area contributed by atoms with E-state index in [9.17, 15) is 0 Å². The molecule has 2 aliphatic carbocycles. The standard InChI is InChI=1S/C25H32O2/c1-6-21(26-4)14-11-17(2)10-13-19-8-7-9-20-16-22-18(3)12-15-23(27-5)25(22)24(19)20/h1,11-12,14-15,19-20,24H,7-10,13,16H2,2-5H3/b17-11-,21-14+/t19-,20?,24?/m0/s1. The first-order valence-corrected chi connectivity index (χ1v) is 10.1. The van der Waals surface area contributed by atoms with E-state index in [1.807, 2.05) is 13.2 Å². The molecule has 0 heterocycles. The maximum absolute atomic E-state index is 5.77. The van der Waals surface area contributed by atoms with Crippen LogP contribution in [0.15, 0.2) is 35.6 Å². The molecular formula is C25H32O2. The van der Waals surface area contributed by atoms with Gasteiger partial charge in [-0.2, -0.15) is 0 Å². The second kappa shape index (κ2) is 8.70. The third-order valence-electron chi connectivity index (χ3n) is 6.53. The second-order valence-electron chi connectivity index (χ2n) is 8.09. The van der Waals surface area contributed by atoms with Crippen molar-refractivity contribution in [3.8, 4) is 18.1 Å². The van der Waals surface area contributed by atoms with Crippen LogP contribution in [0.1, 0.15) is 61.6 Å². The van der Waals surface area contributed by atoms with Crippen LogP contribution >= 0.6 is 0 Å². The van der Waals surface area contributed by atoms with Gasteiger partial charge in [-0.05, 0) is 92.9 Å². The summed E-state index contributed by atoms with van der Waals surface area (Å²) in [5, 5.41) is 0. The zero-order chi connectivity index (χ0) is 19.4. The molecule has 0 spiro atoms. The van der Waals surface area contributed by atoms with Crippen LogP contribution in [-0.4, -0.2) is 14.2 Å². The lowest BCUT2D eigenvalue weighted by Gasteiger charge is -2.35. The number of hydrogen-bond acceptors (Lipinski definition) is 2. The summed E-state index contributed by atoms with van der Waals surface area (Å²) in [6.07, 6.45) is 17.0. The monoisotopic (exact) mass is 364 g/mol. The van der Waals surface area contributed by atoms with Gasteiger partial charge in [-0.15, -0.1) is 6.42 Å². The van der Waals surface area contributed by atoms with Crippen molar-refractivity contribution in [2.75, 3.05) is 14.2 Å². The minimum atomic E-state index is 0.581. The summed E-state index contributed by atoms with van der Waals surface area (Å²) in [6, 6.07) is 4.40. The number of allylic oxidation sites excluding steroid dienone is 4. The van der Waals surface area contributed by atoms with Gasteiger partial charge in [0.05, 0.1) is 14.2 Å². The number of terminal acetylenes is 1. The van der Waals surface area contributed by atoms with Crippen LogP contribution in [0, 0.1) is 31.1 Å². The van der Waals surface area contributed by atoms with E-state index in [0.717, 1.165) is 24.0 Å². The summed E-state index contributed by atoms with van der Waals surface area (Å²) in [7, 11) is 3.43. The molecule has 27 heavy (non-hydrogen) atoms. The first kappa shape index (κ1) is 19.6. The van der Waals surface area contributed by atoms with Gasteiger partial charge >= 0.3 is 0 Å². The molecular weight excluding hydrogens is 332 g/mol. The van der Waals surface area contributed by atoms with Crippen molar-refractivity contribution in [1.82, 2.24) is 0 Å². The van der Waals surface area contributed by atoms with Gasteiger partial charge in [0.15, 0.2) is 5.76 Å². The van der Waals surface area contributed by atoms with Gasteiger partial charge in [-0.3, -0.25) is 0 Å². The van der Waals surface area contributed by atoms with Gasteiger partial charge in [0, 0.05) is 5.56 Å². The van der Waals surface area contributed by atoms with Crippen LogP contribution in [0.2, 0.25) is 0 Å². The van der Waals surface area contributed by atoms with Crippen molar-refractivity contribution in [3.05, 3.63) is 52.3 Å². The summed E-state index contributed by atoms with van der Waals surface area (Å²) in [6.45, 7) is 4.44. The van der Waals surface area contributed by atoms with Gasteiger partial charge in [-0.25, -0.2) is 0 Å². The van der Waals surface area contributed by atoms with Crippen molar-refractivity contribution in [2.24, 2.45) is 11.8 Å². The Morgan fingerprint density at radius 3 is 2.78 bits per heavy atom. The molecule has 144 valence electrons. The molecule has 3 atom stereocenters. The molecule has 0 radical (unpaired) electrons. The van der Waals surface area contributed by atoms with E-state index in [1.54, 1.807) is 12.7 Å². The molecule has 0 aromatic heterocycles. The Bertz CT molecular complexity index is 778. The topological polar surface area (TPSA) is 18.5 Å². The van der Waals surface area contributed by atoms with Crippen LogP contribution in [-0.2, 0) is 11.2 Å². The SMILES string of the molecule is C#C/C(=C\C=C(\C)CC[C@@H]1CCCC2Cc3c(C)ccc(OC)c3C21)OC. The highest BCUT2D eigenvalue weighted by molar-refractivity contribution is 5.51. The number of methoxy groups -OCH3 is 2. The fourth-order valence-electron chi connectivity index (χ4n) is 5.13. The van der Waals surface area contributed by atoms with Crippen molar-refractivity contribution >= 4 is 0 Å². The van der Waals surface area contributed by atoms with Crippen LogP contribution in [0.25, 0.3) is 0 Å². The predicted molar refractivity (Wildman–Crippen MR) is 112 cm³/mol. The Kier molecular flexibility index (Phi) is 6.32. The Labute approximate surface area is 164 Å². The first-order valence-electron chi connectivity index (χ1n) is 10.1. The number of fused-ring (bicyclic) bond motifs is 3. The van der Waals surface area contributed by atoms with E-state index in [0.29, 0.717) is 11.7 Å². The fourth-order valence-corrected chi connectivity index (χ4v) is 5.13. The smallest absolute Gasteiger partial charge is 0.169 e. The lowest BCUT2D eigenvalue weighted by molar-refractivity contribution is 0.220. The van der Waals surface area contributed by atoms with Crippen molar-refractivity contribution in [3.63, 3.8) is 0 Å². The summed E-state index contributed by atoms with van der Waals surface area (Å²) >= 11 is 0. The first-order chi connectivity index (χ1) is 13.1. The maximum atomic E-state index is 5.77. The normalized spacial score (nSPS) is 24.8. The predicted octanol–water partition coefficient (Wildman–Crippen LogP) is 5.95. The molecule has 3 rings (SSSR count). The van der Waals surface area contributed by atoms with Gasteiger partial charge in [0.25, 0.3) is 0 Å². The Balaban J connectivity index is 1.77. The molecule has 2 aliphatic rings. The highest BCUT2D eigenvalue weighted by Crippen LogP contribution is 2.54. The number of hydrogen-bond donors (Lipinski definition) is 0. The van der Waals surface area contributed by atoms with E-state index in [1.165, 1.54) is 48.8 Å². The number of aryl methyl sites for hydroxylation is 1. The van der Waals surface area contributed by atoms with E-state index in [-0.39, 0.29) is 0 Å². The summed E-state index contributed by atoms with van der Waals surface area (Å²) in [4.78, 5) is 0. The second-order valence-corrected chi connectivity index (χ2v) is 8.09. The quantitative estimate of drug-likeness (QED) is 0.353. The molecule has 1 aromatic carbocycles. The molecule has 0 saturated heterocycles. The Morgan fingerprint density at radius 1 is 1.26 bits per heavy atom. The van der Waals surface area contributed by atoms with E-state index >= 15 is 0 Å². The van der Waals surface area contributed by atoms with Gasteiger partial charge in [0.2, 0.25) is 0 Å². The molecule has 2 unspecified atom stereocenters. The molecule has 2 heteroatoms. The number of ether oxygens (including phenoxy) is 2. The number of benzene rings is 1. The average molecular weight is 365 g/mol. The maximum Gasteiger partial charge on any atom is 0.169 e. The fraction of sp³-hybridized carbons (Fsp3) is 0.520. The van der Waals surface area contributed by atoms with Crippen LogP contribution in [0.3, 0.4) is 0 Å². The van der Waals surface area contributed by atoms with Gasteiger partial charge < -0.3 is 9.47 Å². The molecule has 1 fully saturated rings. The van der Waals surface area contributed by atoms with Gasteiger partial charge in [0.1, 0.15) is 5.75 Å². The molecule has 0 amide bonds. The third-order valence-corrected chi connectivity index (χ3v) is 6.53. The van der Waals surface area contributed by atoms with E-state index < -0.39 is 0 Å². The summed E-state index contributed by atoms with van der Waals surface area (Å²) < 4.78 is 10.9. The molecule has 0 aliphatic heterocycles. The molecule has 0 N–H and O–H groups in total. The third kappa shape index (κ3) is 4.08. The van der Waals surface area contributed by atoms with Crippen molar-refractivity contribution < 1.29 is 9.47 Å². The molecule has 1 aromatic rings. The Morgan fingerprint density at radius 2 is 2.07 bits per heavy atom. The minimum Gasteiger partial charge on any atom is -0.496 e. The highest BCUT2D eigenvalue weighted by Gasteiger charge is 2.42. The van der Waals surface area contributed by atoms with Crippen LogP contribution in [0.5, 0.6) is 5.75 Å². The van der Waals surface area contributed by atoms with E-state index in [4.69, 9.17) is 15.9 Å². The Hall–Kier alpha value is -2.14. The van der Waals surface area contributed by atoms with Gasteiger partial charge in [-0.1, -0.05) is 24.1 Å². The minimum absolute atomic E-state index is 0.581. The number of rotatable bonds is 6. The van der Waals surface area contributed by atoms with Crippen molar-refractivity contribution in [2.45, 2.75) is 58.3 Å². The molecule has 1 saturated carbocycles. The van der Waals surface area contributed by atoms with Crippen LogP contribution < -0.4 is 4.74 Å². The zero-order valence-corrected chi connectivity index (χ0v) is 17.2. The lowest BCUT2D eigenvalue weighted by Crippen LogP contribution is -2.23. The molecule has 0 bridgehead atoms. The average Bonchev–Trinajstić information content (AvgIpc) is 3.09. The lowest BCUT2D eigenvalue weighted by atomic mass is 9.70. The molecule has 2 nitrogen and oxygen atoms in total.